The van der Waals surface area contributed by atoms with Crippen molar-refractivity contribution in [3.8, 4) is 5.75 Å². The molecule has 0 aliphatic heterocycles. The second-order valence-electron chi connectivity index (χ2n) is 5.86. The zero-order valence-corrected chi connectivity index (χ0v) is 12.1. The predicted octanol–water partition coefficient (Wildman–Crippen LogP) is 4.00. The molecule has 0 spiro atoms. The molecule has 0 saturated heterocycles. The van der Waals surface area contributed by atoms with Crippen molar-refractivity contribution in [1.29, 1.82) is 0 Å². The first kappa shape index (κ1) is 13.9. The van der Waals surface area contributed by atoms with Gasteiger partial charge in [0.1, 0.15) is 5.75 Å². The lowest BCUT2D eigenvalue weighted by Gasteiger charge is -2.20. The van der Waals surface area contributed by atoms with Crippen LogP contribution in [0, 0.1) is 0 Å². The van der Waals surface area contributed by atoms with E-state index in [1.54, 1.807) is 0 Å². The number of ether oxygens (including phenoxy) is 1. The van der Waals surface area contributed by atoms with Crippen molar-refractivity contribution < 1.29 is 4.74 Å². The minimum absolute atomic E-state index is 0.180. The molecule has 0 aliphatic rings. The summed E-state index contributed by atoms with van der Waals surface area (Å²) in [4.78, 5) is 0. The molecule has 102 valence electrons. The van der Waals surface area contributed by atoms with Gasteiger partial charge in [0.15, 0.2) is 0 Å². The van der Waals surface area contributed by atoms with Crippen molar-refractivity contribution >= 4 is 10.8 Å². The van der Waals surface area contributed by atoms with Crippen molar-refractivity contribution in [3.05, 3.63) is 42.5 Å². The maximum absolute atomic E-state index is 5.89. The molecule has 2 rings (SSSR count). The second kappa shape index (κ2) is 6.07. The van der Waals surface area contributed by atoms with E-state index in [-0.39, 0.29) is 5.54 Å². The smallest absolute Gasteiger partial charge is 0.127 e. The van der Waals surface area contributed by atoms with Crippen LogP contribution in [-0.4, -0.2) is 18.7 Å². The van der Waals surface area contributed by atoms with Crippen LogP contribution in [0.3, 0.4) is 0 Å². The van der Waals surface area contributed by atoms with Crippen molar-refractivity contribution in [2.45, 2.75) is 32.7 Å². The van der Waals surface area contributed by atoms with Crippen LogP contribution in [0.25, 0.3) is 10.8 Å². The molecule has 0 radical (unpaired) electrons. The molecular weight excluding hydrogens is 234 g/mol. The fourth-order valence-electron chi connectivity index (χ4n) is 2.04. The molecule has 0 unspecified atom stereocenters. The van der Waals surface area contributed by atoms with Crippen LogP contribution >= 0.6 is 0 Å². The summed E-state index contributed by atoms with van der Waals surface area (Å²) in [6.45, 7) is 8.26. The molecule has 0 atom stereocenters. The SMILES string of the molecule is CC(C)(C)NCCCOc1cccc2ccccc12. The maximum Gasteiger partial charge on any atom is 0.127 e. The molecule has 0 aromatic heterocycles. The van der Waals surface area contributed by atoms with Crippen LogP contribution in [0.15, 0.2) is 42.5 Å². The van der Waals surface area contributed by atoms with Crippen LogP contribution in [0.2, 0.25) is 0 Å². The Bertz CT molecular complexity index is 523. The molecule has 0 heterocycles. The van der Waals surface area contributed by atoms with Gasteiger partial charge in [0.05, 0.1) is 6.61 Å². The molecule has 2 aromatic rings. The largest absolute Gasteiger partial charge is 0.493 e. The van der Waals surface area contributed by atoms with E-state index in [1.807, 2.05) is 12.1 Å². The topological polar surface area (TPSA) is 21.3 Å². The van der Waals surface area contributed by atoms with Crippen LogP contribution in [0.1, 0.15) is 27.2 Å². The lowest BCUT2D eigenvalue weighted by Crippen LogP contribution is -2.36. The van der Waals surface area contributed by atoms with E-state index in [4.69, 9.17) is 4.74 Å². The average Bonchev–Trinajstić information content (AvgIpc) is 2.37. The summed E-state index contributed by atoms with van der Waals surface area (Å²) in [6.07, 6.45) is 1.01. The Balaban J connectivity index is 1.88. The van der Waals surface area contributed by atoms with Gasteiger partial charge in [0.2, 0.25) is 0 Å². The first-order chi connectivity index (χ1) is 9.06. The molecular formula is C17H23NO. The Morgan fingerprint density at radius 2 is 1.74 bits per heavy atom. The van der Waals surface area contributed by atoms with E-state index in [0.717, 1.165) is 25.3 Å². The van der Waals surface area contributed by atoms with Crippen LogP contribution in [0.5, 0.6) is 5.75 Å². The van der Waals surface area contributed by atoms with Crippen molar-refractivity contribution in [1.82, 2.24) is 5.32 Å². The maximum atomic E-state index is 5.89. The molecule has 0 amide bonds. The molecule has 0 aliphatic carbocycles. The summed E-state index contributed by atoms with van der Waals surface area (Å²) >= 11 is 0. The summed E-state index contributed by atoms with van der Waals surface area (Å²) in [5, 5.41) is 5.88. The Hall–Kier alpha value is -1.54. The molecule has 19 heavy (non-hydrogen) atoms. The quantitative estimate of drug-likeness (QED) is 0.818. The number of benzene rings is 2. The van der Waals surface area contributed by atoms with Gasteiger partial charge < -0.3 is 10.1 Å². The van der Waals surface area contributed by atoms with Crippen LogP contribution < -0.4 is 10.1 Å². The third-order valence-electron chi connectivity index (χ3n) is 2.98. The van der Waals surface area contributed by atoms with E-state index in [1.165, 1.54) is 10.8 Å². The molecule has 1 N–H and O–H groups in total. The fourth-order valence-corrected chi connectivity index (χ4v) is 2.04. The Morgan fingerprint density at radius 3 is 2.53 bits per heavy atom. The van der Waals surface area contributed by atoms with E-state index in [9.17, 15) is 0 Å². The highest BCUT2D eigenvalue weighted by Gasteiger charge is 2.07. The number of rotatable bonds is 5. The number of hydrogen-bond donors (Lipinski definition) is 1. The van der Waals surface area contributed by atoms with Gasteiger partial charge in [-0.05, 0) is 45.2 Å². The highest BCUT2D eigenvalue weighted by atomic mass is 16.5. The lowest BCUT2D eigenvalue weighted by atomic mass is 10.1. The Morgan fingerprint density at radius 1 is 1.00 bits per heavy atom. The van der Waals surface area contributed by atoms with Gasteiger partial charge in [-0.3, -0.25) is 0 Å². The van der Waals surface area contributed by atoms with Gasteiger partial charge >= 0.3 is 0 Å². The lowest BCUT2D eigenvalue weighted by molar-refractivity contribution is 0.301. The first-order valence-corrected chi connectivity index (χ1v) is 6.92. The third kappa shape index (κ3) is 4.25. The summed E-state index contributed by atoms with van der Waals surface area (Å²) in [6, 6.07) is 14.5. The Labute approximate surface area is 115 Å². The standard InChI is InChI=1S/C17H23NO/c1-17(2,3)18-12-7-13-19-16-11-6-9-14-8-4-5-10-15(14)16/h4-6,8-11,18H,7,12-13H2,1-3H3. The predicted molar refractivity (Wildman–Crippen MR) is 81.8 cm³/mol. The number of fused-ring (bicyclic) bond motifs is 1. The second-order valence-corrected chi connectivity index (χ2v) is 5.86. The minimum Gasteiger partial charge on any atom is -0.493 e. The van der Waals surface area contributed by atoms with E-state index in [0.29, 0.717) is 0 Å². The fraction of sp³-hybridized carbons (Fsp3) is 0.412. The van der Waals surface area contributed by atoms with Gasteiger partial charge in [0.25, 0.3) is 0 Å². The zero-order valence-electron chi connectivity index (χ0n) is 12.1. The van der Waals surface area contributed by atoms with E-state index < -0.39 is 0 Å². The molecule has 0 bridgehead atoms. The molecule has 2 aromatic carbocycles. The van der Waals surface area contributed by atoms with Gasteiger partial charge in [-0.1, -0.05) is 36.4 Å². The molecule has 0 saturated carbocycles. The van der Waals surface area contributed by atoms with E-state index >= 15 is 0 Å². The molecule has 2 heteroatoms. The van der Waals surface area contributed by atoms with Crippen LogP contribution in [-0.2, 0) is 0 Å². The molecule has 2 nitrogen and oxygen atoms in total. The molecule has 0 fully saturated rings. The van der Waals surface area contributed by atoms with Crippen molar-refractivity contribution in [3.63, 3.8) is 0 Å². The Kier molecular flexibility index (Phi) is 4.43. The first-order valence-electron chi connectivity index (χ1n) is 6.92. The van der Waals surface area contributed by atoms with Crippen molar-refractivity contribution in [2.24, 2.45) is 0 Å². The number of nitrogens with one attached hydrogen (secondary N) is 1. The van der Waals surface area contributed by atoms with Gasteiger partial charge in [-0.25, -0.2) is 0 Å². The third-order valence-corrected chi connectivity index (χ3v) is 2.98. The highest BCUT2D eigenvalue weighted by Crippen LogP contribution is 2.25. The monoisotopic (exact) mass is 257 g/mol. The zero-order chi connectivity index (χ0) is 13.7. The van der Waals surface area contributed by atoms with Gasteiger partial charge in [-0.2, -0.15) is 0 Å². The number of hydrogen-bond acceptors (Lipinski definition) is 2. The normalized spacial score (nSPS) is 11.7. The van der Waals surface area contributed by atoms with Crippen molar-refractivity contribution in [2.75, 3.05) is 13.2 Å². The average molecular weight is 257 g/mol. The van der Waals surface area contributed by atoms with Gasteiger partial charge in [-0.15, -0.1) is 0 Å². The summed E-state index contributed by atoms with van der Waals surface area (Å²) in [7, 11) is 0. The summed E-state index contributed by atoms with van der Waals surface area (Å²) in [5.41, 5.74) is 0.180. The van der Waals surface area contributed by atoms with Gasteiger partial charge in [0, 0.05) is 10.9 Å². The van der Waals surface area contributed by atoms with E-state index in [2.05, 4.69) is 56.4 Å². The summed E-state index contributed by atoms with van der Waals surface area (Å²) < 4.78 is 5.89. The van der Waals surface area contributed by atoms with Crippen LogP contribution in [0.4, 0.5) is 0 Å². The summed E-state index contributed by atoms with van der Waals surface area (Å²) in [5.74, 6) is 0.980. The highest BCUT2D eigenvalue weighted by molar-refractivity contribution is 5.88. The minimum atomic E-state index is 0.180.